The number of nitrogens with zero attached hydrogens (tertiary/aromatic N) is 2. The molecule has 4 rings (SSSR count). The van der Waals surface area contributed by atoms with Gasteiger partial charge in [-0.1, -0.05) is 41.1 Å². The lowest BCUT2D eigenvalue weighted by molar-refractivity contribution is 0.102. The van der Waals surface area contributed by atoms with Crippen molar-refractivity contribution >= 4 is 46.4 Å². The maximum Gasteiger partial charge on any atom is 0.257 e. The first-order valence-corrected chi connectivity index (χ1v) is 9.57. The zero-order chi connectivity index (χ0) is 17.9. The molecule has 0 unspecified atom stereocenters. The molecule has 3 aromatic rings. The van der Waals surface area contributed by atoms with E-state index < -0.39 is 0 Å². The maximum atomic E-state index is 12.5. The zero-order valence-corrected chi connectivity index (χ0v) is 16.8. The molecule has 0 aliphatic carbocycles. The number of anilines is 1. The van der Waals surface area contributed by atoms with Crippen LogP contribution in [0.3, 0.4) is 0 Å². The predicted octanol–water partition coefficient (Wildman–Crippen LogP) is 4.10. The number of halogens is 2. The van der Waals surface area contributed by atoms with E-state index in [1.54, 1.807) is 0 Å². The molecule has 2 heterocycles. The van der Waals surface area contributed by atoms with Crippen LogP contribution >= 0.6 is 35.3 Å². The Morgan fingerprint density at radius 2 is 1.96 bits per heavy atom. The Labute approximate surface area is 172 Å². The van der Waals surface area contributed by atoms with Crippen LogP contribution in [0.1, 0.15) is 32.1 Å². The summed E-state index contributed by atoms with van der Waals surface area (Å²) in [7, 11) is 0. The lowest BCUT2D eigenvalue weighted by atomic mass is 9.98. The van der Waals surface area contributed by atoms with Crippen LogP contribution in [0.4, 0.5) is 5.13 Å². The van der Waals surface area contributed by atoms with Gasteiger partial charge in [-0.25, -0.2) is 0 Å². The van der Waals surface area contributed by atoms with Crippen molar-refractivity contribution in [3.05, 3.63) is 74.7 Å². The number of amides is 1. The van der Waals surface area contributed by atoms with Gasteiger partial charge in [0, 0.05) is 23.6 Å². The van der Waals surface area contributed by atoms with Gasteiger partial charge in [-0.3, -0.25) is 10.1 Å². The van der Waals surface area contributed by atoms with Crippen LogP contribution in [-0.4, -0.2) is 22.6 Å². The largest absolute Gasteiger partial charge is 0.312 e. The van der Waals surface area contributed by atoms with Gasteiger partial charge in [-0.2, -0.15) is 0 Å². The molecule has 8 heteroatoms. The van der Waals surface area contributed by atoms with Crippen LogP contribution in [0.5, 0.6) is 0 Å². The first kappa shape index (κ1) is 19.8. The number of rotatable bonds is 4. The predicted molar refractivity (Wildman–Crippen MR) is 111 cm³/mol. The van der Waals surface area contributed by atoms with Gasteiger partial charge in [-0.05, 0) is 53.9 Å². The fraction of sp³-hybridized carbons (Fsp3) is 0.211. The van der Waals surface area contributed by atoms with Crippen molar-refractivity contribution in [2.24, 2.45) is 0 Å². The molecule has 1 aliphatic rings. The van der Waals surface area contributed by atoms with Crippen molar-refractivity contribution in [1.29, 1.82) is 0 Å². The highest BCUT2D eigenvalue weighted by molar-refractivity contribution is 7.15. The molecule has 1 aliphatic heterocycles. The molecule has 140 valence electrons. The van der Waals surface area contributed by atoms with Crippen LogP contribution in [-0.2, 0) is 19.4 Å². The molecule has 1 amide bonds. The third kappa shape index (κ3) is 4.84. The summed E-state index contributed by atoms with van der Waals surface area (Å²) in [5.41, 5.74) is 4.25. The monoisotopic (exact) mass is 420 g/mol. The number of carbonyl (C=O) groups is 1. The van der Waals surface area contributed by atoms with Gasteiger partial charge in [0.15, 0.2) is 0 Å². The van der Waals surface area contributed by atoms with Crippen LogP contribution in [0.15, 0.2) is 42.5 Å². The van der Waals surface area contributed by atoms with E-state index in [9.17, 15) is 4.79 Å². The number of fused-ring (bicyclic) bond motifs is 1. The van der Waals surface area contributed by atoms with E-state index in [1.165, 1.54) is 22.5 Å². The third-order valence-electron chi connectivity index (χ3n) is 4.31. The molecule has 27 heavy (non-hydrogen) atoms. The molecule has 0 saturated heterocycles. The Morgan fingerprint density at radius 1 is 1.15 bits per heavy atom. The second-order valence-corrected chi connectivity index (χ2v) is 7.67. The molecule has 0 radical (unpaired) electrons. The fourth-order valence-electron chi connectivity index (χ4n) is 2.94. The molecule has 0 fully saturated rings. The molecule has 0 saturated carbocycles. The average molecular weight is 421 g/mol. The summed E-state index contributed by atoms with van der Waals surface area (Å²) in [6, 6.07) is 13.5. The molecule has 5 nitrogen and oxygen atoms in total. The van der Waals surface area contributed by atoms with Gasteiger partial charge < -0.3 is 5.32 Å². The summed E-state index contributed by atoms with van der Waals surface area (Å²) in [6.45, 7) is 1.81. The highest BCUT2D eigenvalue weighted by Gasteiger charge is 2.14. The van der Waals surface area contributed by atoms with E-state index in [2.05, 4.69) is 20.8 Å². The zero-order valence-electron chi connectivity index (χ0n) is 14.4. The maximum absolute atomic E-state index is 12.5. The topological polar surface area (TPSA) is 66.9 Å². The highest BCUT2D eigenvalue weighted by Crippen LogP contribution is 2.21. The summed E-state index contributed by atoms with van der Waals surface area (Å²) in [4.78, 5) is 12.5. The summed E-state index contributed by atoms with van der Waals surface area (Å²) < 4.78 is 0. The minimum Gasteiger partial charge on any atom is -0.312 e. The number of aromatic nitrogens is 2. The Bertz CT molecular complexity index is 943. The van der Waals surface area contributed by atoms with Crippen LogP contribution < -0.4 is 10.6 Å². The SMILES string of the molecule is Cl.O=C(Nc1nnc(Cc2ccc(Cl)cc2)s1)c1ccc2c(c1)CCNC2. The number of hydrogen-bond donors (Lipinski definition) is 2. The summed E-state index contributed by atoms with van der Waals surface area (Å²) in [5.74, 6) is -0.152. The Kier molecular flexibility index (Phi) is 6.44. The smallest absolute Gasteiger partial charge is 0.257 e. The fourth-order valence-corrected chi connectivity index (χ4v) is 3.84. The molecule has 0 spiro atoms. The lowest BCUT2D eigenvalue weighted by Crippen LogP contribution is -2.24. The van der Waals surface area contributed by atoms with Crippen molar-refractivity contribution in [2.75, 3.05) is 11.9 Å². The molecule has 2 aromatic carbocycles. The number of nitrogens with one attached hydrogen (secondary N) is 2. The van der Waals surface area contributed by atoms with E-state index in [1.807, 2.05) is 42.5 Å². The average Bonchev–Trinajstić information content (AvgIpc) is 3.10. The van der Waals surface area contributed by atoms with E-state index in [4.69, 9.17) is 11.6 Å². The van der Waals surface area contributed by atoms with E-state index >= 15 is 0 Å². The van der Waals surface area contributed by atoms with Crippen molar-refractivity contribution in [1.82, 2.24) is 15.5 Å². The third-order valence-corrected chi connectivity index (χ3v) is 5.40. The molecule has 0 atom stereocenters. The van der Waals surface area contributed by atoms with Crippen molar-refractivity contribution in [2.45, 2.75) is 19.4 Å². The highest BCUT2D eigenvalue weighted by atomic mass is 35.5. The number of carbonyl (C=O) groups excluding carboxylic acids is 1. The van der Waals surface area contributed by atoms with Gasteiger partial charge in [0.2, 0.25) is 5.13 Å². The van der Waals surface area contributed by atoms with Crippen molar-refractivity contribution in [3.63, 3.8) is 0 Å². The molecular weight excluding hydrogens is 403 g/mol. The molecule has 1 aromatic heterocycles. The summed E-state index contributed by atoms with van der Waals surface area (Å²) in [5, 5.41) is 16.5. The van der Waals surface area contributed by atoms with Crippen LogP contribution in [0.25, 0.3) is 0 Å². The second-order valence-electron chi connectivity index (χ2n) is 6.17. The van der Waals surface area contributed by atoms with E-state index in [-0.39, 0.29) is 18.3 Å². The first-order chi connectivity index (χ1) is 12.7. The summed E-state index contributed by atoms with van der Waals surface area (Å²) in [6.07, 6.45) is 1.61. The quantitative estimate of drug-likeness (QED) is 0.666. The molecular formula is C19H18Cl2N4OS. The van der Waals surface area contributed by atoms with Gasteiger partial charge in [-0.15, -0.1) is 22.6 Å². The van der Waals surface area contributed by atoms with Crippen LogP contribution in [0.2, 0.25) is 5.02 Å². The van der Waals surface area contributed by atoms with Crippen molar-refractivity contribution in [3.8, 4) is 0 Å². The van der Waals surface area contributed by atoms with Crippen LogP contribution in [0, 0.1) is 0 Å². The lowest BCUT2D eigenvalue weighted by Gasteiger charge is -2.17. The minimum absolute atomic E-state index is 0. The summed E-state index contributed by atoms with van der Waals surface area (Å²) >= 11 is 7.29. The Balaban J connectivity index is 0.00000210. The standard InChI is InChI=1S/C19H17ClN4OS.ClH/c20-16-5-1-12(2-6-16)9-17-23-24-19(26-17)22-18(25)14-3-4-15-11-21-8-7-13(15)10-14;/h1-6,10,21H,7-9,11H2,(H,22,24,25);1H. The second kappa shape index (κ2) is 8.80. The van der Waals surface area contributed by atoms with Gasteiger partial charge >= 0.3 is 0 Å². The van der Waals surface area contributed by atoms with Gasteiger partial charge in [0.1, 0.15) is 5.01 Å². The Hall–Kier alpha value is -1.99. The van der Waals surface area contributed by atoms with Gasteiger partial charge in [0.25, 0.3) is 5.91 Å². The normalized spacial score (nSPS) is 12.8. The Morgan fingerprint density at radius 3 is 2.78 bits per heavy atom. The van der Waals surface area contributed by atoms with E-state index in [0.717, 1.165) is 30.1 Å². The van der Waals surface area contributed by atoms with E-state index in [0.29, 0.717) is 22.1 Å². The number of benzene rings is 2. The number of hydrogen-bond acceptors (Lipinski definition) is 5. The molecule has 0 bridgehead atoms. The molecule has 2 N–H and O–H groups in total. The first-order valence-electron chi connectivity index (χ1n) is 8.38. The minimum atomic E-state index is -0.152. The van der Waals surface area contributed by atoms with Gasteiger partial charge in [0.05, 0.1) is 0 Å². The van der Waals surface area contributed by atoms with Crippen molar-refractivity contribution < 1.29 is 4.79 Å².